The summed E-state index contributed by atoms with van der Waals surface area (Å²) in [4.78, 5) is 12.4. The van der Waals surface area contributed by atoms with E-state index in [1.54, 1.807) is 0 Å². The van der Waals surface area contributed by atoms with Crippen LogP contribution in [0.15, 0.2) is 24.3 Å². The van der Waals surface area contributed by atoms with E-state index in [9.17, 15) is 4.79 Å². The topological polar surface area (TPSA) is 60.8 Å². The molecule has 0 aliphatic heterocycles. The van der Waals surface area contributed by atoms with E-state index in [0.717, 1.165) is 9.13 Å². The fraction of sp³-hybridized carbons (Fsp3) is 0.417. The molecule has 6 heteroatoms. The summed E-state index contributed by atoms with van der Waals surface area (Å²) in [6.07, 6.45) is 0.407. The largest absolute Gasteiger partial charge is 0.465 e. The lowest BCUT2D eigenvalue weighted by molar-refractivity contribution is 0.140. The summed E-state index contributed by atoms with van der Waals surface area (Å²) in [6, 6.07) is 7.79. The Kier molecular flexibility index (Phi) is 9.13. The van der Waals surface area contributed by atoms with Crippen molar-refractivity contribution in [1.82, 2.24) is 4.90 Å². The van der Waals surface area contributed by atoms with Crippen molar-refractivity contribution < 1.29 is 15.0 Å². The van der Waals surface area contributed by atoms with Crippen LogP contribution in [-0.2, 0) is 6.54 Å². The zero-order chi connectivity index (χ0) is 12.7. The summed E-state index contributed by atoms with van der Waals surface area (Å²) >= 11 is 2.21. The molecule has 0 radical (unpaired) electrons. The molecule has 2 N–H and O–H groups in total. The summed E-state index contributed by atoms with van der Waals surface area (Å²) in [5.41, 5.74) is 0.989. The van der Waals surface area contributed by atoms with Crippen molar-refractivity contribution in [2.45, 2.75) is 19.4 Å². The molecular weight excluding hydrogens is 368 g/mol. The lowest BCUT2D eigenvalue weighted by atomic mass is 10.2. The Morgan fingerprint density at radius 1 is 1.33 bits per heavy atom. The Balaban J connectivity index is 0.00000289. The molecule has 0 fully saturated rings. The van der Waals surface area contributed by atoms with Crippen LogP contribution >= 0.6 is 35.0 Å². The first kappa shape index (κ1) is 17.5. The van der Waals surface area contributed by atoms with Gasteiger partial charge in [0.1, 0.15) is 0 Å². The third-order valence-corrected chi connectivity index (χ3v) is 3.04. The minimum absolute atomic E-state index is 0. The van der Waals surface area contributed by atoms with Gasteiger partial charge < -0.3 is 15.1 Å². The van der Waals surface area contributed by atoms with Crippen LogP contribution in [0.1, 0.15) is 18.4 Å². The second-order valence-electron chi connectivity index (χ2n) is 3.76. The second-order valence-corrected chi connectivity index (χ2v) is 5.01. The van der Waals surface area contributed by atoms with Crippen molar-refractivity contribution in [3.05, 3.63) is 33.4 Å². The summed E-state index contributed by atoms with van der Waals surface area (Å²) in [6.45, 7) is 0.968. The molecule has 0 saturated carbocycles. The van der Waals surface area contributed by atoms with Crippen molar-refractivity contribution in [2.24, 2.45) is 0 Å². The maximum atomic E-state index is 11.0. The van der Waals surface area contributed by atoms with E-state index in [1.807, 2.05) is 24.3 Å². The Morgan fingerprint density at radius 3 is 2.61 bits per heavy atom. The molecule has 18 heavy (non-hydrogen) atoms. The Hall–Kier alpha value is -0.530. The molecule has 1 aromatic rings. The number of aliphatic hydroxyl groups excluding tert-OH is 1. The quantitative estimate of drug-likeness (QED) is 0.585. The number of hydrogen-bond donors (Lipinski definition) is 2. The number of hydrogen-bond acceptors (Lipinski definition) is 2. The van der Waals surface area contributed by atoms with Gasteiger partial charge >= 0.3 is 6.09 Å². The van der Waals surface area contributed by atoms with E-state index in [0.29, 0.717) is 25.9 Å². The first-order valence-electron chi connectivity index (χ1n) is 5.46. The summed E-state index contributed by atoms with van der Waals surface area (Å²) in [5.74, 6) is 0. The average Bonchev–Trinajstić information content (AvgIpc) is 2.28. The highest BCUT2D eigenvalue weighted by Gasteiger charge is 2.11. The lowest BCUT2D eigenvalue weighted by Crippen LogP contribution is -2.30. The minimum atomic E-state index is -0.915. The molecule has 1 aromatic carbocycles. The Labute approximate surface area is 127 Å². The van der Waals surface area contributed by atoms with Gasteiger partial charge in [-0.25, -0.2) is 4.79 Å². The fourth-order valence-corrected chi connectivity index (χ4v) is 2.12. The third-order valence-electron chi connectivity index (χ3n) is 2.37. The van der Waals surface area contributed by atoms with Crippen LogP contribution in [0.5, 0.6) is 0 Å². The van der Waals surface area contributed by atoms with Gasteiger partial charge in [-0.05, 0) is 53.1 Å². The van der Waals surface area contributed by atoms with Crippen LogP contribution in [0, 0.1) is 3.57 Å². The number of halogens is 2. The molecule has 1 rings (SSSR count). The number of benzene rings is 1. The molecule has 0 unspecified atom stereocenters. The van der Waals surface area contributed by atoms with Gasteiger partial charge in [-0.15, -0.1) is 12.4 Å². The highest BCUT2D eigenvalue weighted by molar-refractivity contribution is 14.1. The van der Waals surface area contributed by atoms with Crippen molar-refractivity contribution in [1.29, 1.82) is 0 Å². The van der Waals surface area contributed by atoms with Gasteiger partial charge in [0.15, 0.2) is 0 Å². The molecule has 0 aromatic heterocycles. The van der Waals surface area contributed by atoms with Gasteiger partial charge in [0.2, 0.25) is 0 Å². The first-order valence-corrected chi connectivity index (χ1v) is 6.54. The maximum absolute atomic E-state index is 11.0. The number of carbonyl (C=O) groups is 1. The number of nitrogens with zero attached hydrogens (tertiary/aromatic N) is 1. The molecule has 4 nitrogen and oxygen atoms in total. The van der Waals surface area contributed by atoms with Crippen LogP contribution in [0.3, 0.4) is 0 Å². The van der Waals surface area contributed by atoms with E-state index in [4.69, 9.17) is 10.2 Å². The number of rotatable bonds is 6. The van der Waals surface area contributed by atoms with Gasteiger partial charge in [-0.3, -0.25) is 0 Å². The highest BCUT2D eigenvalue weighted by atomic mass is 127. The van der Waals surface area contributed by atoms with E-state index < -0.39 is 6.09 Å². The molecule has 1 amide bonds. The number of aliphatic hydroxyl groups is 1. The molecule has 0 bridgehead atoms. The van der Waals surface area contributed by atoms with Gasteiger partial charge in [0.25, 0.3) is 0 Å². The van der Waals surface area contributed by atoms with E-state index in [-0.39, 0.29) is 19.0 Å². The predicted octanol–water partition coefficient (Wildman–Crippen LogP) is 2.97. The Bertz CT molecular complexity index is 376. The zero-order valence-corrected chi connectivity index (χ0v) is 12.9. The second kappa shape index (κ2) is 9.41. The molecule has 0 saturated heterocycles. The van der Waals surface area contributed by atoms with Crippen molar-refractivity contribution in [3.8, 4) is 0 Å². The standard InChI is InChI=1S/C12H16INO3.ClH/c13-11-5-3-4-10(8-11)9-14(12(16)17)6-1-2-7-15;/h3-5,8,15H,1-2,6-7,9H2,(H,16,17);1H. The van der Waals surface area contributed by atoms with E-state index in [1.165, 1.54) is 4.90 Å². The smallest absolute Gasteiger partial charge is 0.407 e. The average molecular weight is 386 g/mol. The van der Waals surface area contributed by atoms with Crippen molar-refractivity contribution >= 4 is 41.1 Å². The number of carboxylic acid groups (broad SMARTS) is 1. The van der Waals surface area contributed by atoms with E-state index in [2.05, 4.69) is 22.6 Å². The van der Waals surface area contributed by atoms with Crippen LogP contribution in [0.25, 0.3) is 0 Å². The fourth-order valence-electron chi connectivity index (χ4n) is 1.51. The van der Waals surface area contributed by atoms with Gasteiger partial charge in [0.05, 0.1) is 0 Å². The number of amides is 1. The van der Waals surface area contributed by atoms with Crippen LogP contribution < -0.4 is 0 Å². The third kappa shape index (κ3) is 6.42. The van der Waals surface area contributed by atoms with Crippen molar-refractivity contribution in [2.75, 3.05) is 13.2 Å². The van der Waals surface area contributed by atoms with Crippen LogP contribution in [0.4, 0.5) is 4.79 Å². The highest BCUT2D eigenvalue weighted by Crippen LogP contribution is 2.11. The molecule has 0 aliphatic rings. The molecule has 0 atom stereocenters. The monoisotopic (exact) mass is 385 g/mol. The summed E-state index contributed by atoms with van der Waals surface area (Å²) in [5, 5.41) is 17.7. The SMILES string of the molecule is Cl.O=C(O)N(CCCCO)Cc1cccc(I)c1. The van der Waals surface area contributed by atoms with Crippen LogP contribution in [-0.4, -0.2) is 34.4 Å². The first-order chi connectivity index (χ1) is 8.13. The van der Waals surface area contributed by atoms with Crippen molar-refractivity contribution in [3.63, 3.8) is 0 Å². The molecule has 0 spiro atoms. The molecule has 0 heterocycles. The normalized spacial score (nSPS) is 9.67. The summed E-state index contributed by atoms with van der Waals surface area (Å²) < 4.78 is 1.10. The van der Waals surface area contributed by atoms with Crippen LogP contribution in [0.2, 0.25) is 0 Å². The van der Waals surface area contributed by atoms with E-state index >= 15 is 0 Å². The molecular formula is C12H17ClINO3. The number of unbranched alkanes of at least 4 members (excludes halogenated alkanes) is 1. The minimum Gasteiger partial charge on any atom is -0.465 e. The molecule has 102 valence electrons. The van der Waals surface area contributed by atoms with Gasteiger partial charge in [-0.2, -0.15) is 0 Å². The maximum Gasteiger partial charge on any atom is 0.407 e. The molecule has 0 aliphatic carbocycles. The van der Waals surface area contributed by atoms with Gasteiger partial charge in [0, 0.05) is 23.3 Å². The lowest BCUT2D eigenvalue weighted by Gasteiger charge is -2.19. The summed E-state index contributed by atoms with van der Waals surface area (Å²) in [7, 11) is 0. The Morgan fingerprint density at radius 2 is 2.06 bits per heavy atom. The van der Waals surface area contributed by atoms with Gasteiger partial charge in [-0.1, -0.05) is 12.1 Å². The predicted molar refractivity (Wildman–Crippen MR) is 81.2 cm³/mol. The zero-order valence-electron chi connectivity index (χ0n) is 9.88.